The van der Waals surface area contributed by atoms with Gasteiger partial charge in [0.25, 0.3) is 5.91 Å². The fourth-order valence-electron chi connectivity index (χ4n) is 3.44. The molecule has 2 aromatic rings. The zero-order valence-electron chi connectivity index (χ0n) is 14.3. The van der Waals surface area contributed by atoms with Crippen molar-refractivity contribution in [3.63, 3.8) is 0 Å². The number of halogens is 3. The standard InChI is InChI=1S/C19H20FN3O.2ClH/c20-16-2-4-17(5-3-16)22-9-11-23(12-10-22)19(24)15-1-6-18-14(13-15)7-8-21-18;;/h1-6,13,21H,7-12H2;2*1H. The zero-order valence-corrected chi connectivity index (χ0v) is 15.9. The van der Waals surface area contributed by atoms with Crippen LogP contribution in [0.15, 0.2) is 42.5 Å². The molecule has 0 spiro atoms. The summed E-state index contributed by atoms with van der Waals surface area (Å²) in [5.41, 5.74) is 4.15. The minimum atomic E-state index is -0.223. The Morgan fingerprint density at radius 1 is 0.962 bits per heavy atom. The number of nitrogens with zero attached hydrogens (tertiary/aromatic N) is 2. The van der Waals surface area contributed by atoms with Crippen molar-refractivity contribution >= 4 is 42.1 Å². The Balaban J connectivity index is 0.00000121. The van der Waals surface area contributed by atoms with Crippen molar-refractivity contribution in [3.05, 3.63) is 59.4 Å². The summed E-state index contributed by atoms with van der Waals surface area (Å²) < 4.78 is 13.0. The molecule has 2 aliphatic heterocycles. The third-order valence-corrected chi connectivity index (χ3v) is 4.82. The molecule has 1 fully saturated rings. The van der Waals surface area contributed by atoms with Gasteiger partial charge in [-0.25, -0.2) is 4.39 Å². The molecule has 1 amide bonds. The molecular formula is C19H22Cl2FN3O. The van der Waals surface area contributed by atoms with Gasteiger partial charge in [-0.2, -0.15) is 0 Å². The van der Waals surface area contributed by atoms with Gasteiger partial charge in [0.15, 0.2) is 0 Å². The average molecular weight is 398 g/mol. The Kier molecular flexibility index (Phi) is 6.73. The highest BCUT2D eigenvalue weighted by molar-refractivity contribution is 5.95. The third-order valence-electron chi connectivity index (χ3n) is 4.82. The molecule has 2 heterocycles. The van der Waals surface area contributed by atoms with Crippen LogP contribution in [-0.2, 0) is 6.42 Å². The van der Waals surface area contributed by atoms with Gasteiger partial charge >= 0.3 is 0 Å². The quantitative estimate of drug-likeness (QED) is 0.840. The van der Waals surface area contributed by atoms with E-state index in [-0.39, 0.29) is 36.5 Å². The number of piperazine rings is 1. The highest BCUT2D eigenvalue weighted by Gasteiger charge is 2.23. The molecule has 0 bridgehead atoms. The van der Waals surface area contributed by atoms with Crippen LogP contribution in [-0.4, -0.2) is 43.5 Å². The second kappa shape index (κ2) is 8.60. The van der Waals surface area contributed by atoms with E-state index >= 15 is 0 Å². The summed E-state index contributed by atoms with van der Waals surface area (Å²) in [6, 6.07) is 12.5. The summed E-state index contributed by atoms with van der Waals surface area (Å²) in [5, 5.41) is 3.32. The Morgan fingerprint density at radius 2 is 1.65 bits per heavy atom. The molecule has 0 unspecified atom stereocenters. The number of fused-ring (bicyclic) bond motifs is 1. The van der Waals surface area contributed by atoms with E-state index in [0.29, 0.717) is 13.1 Å². The molecule has 0 saturated carbocycles. The predicted molar refractivity (Wildman–Crippen MR) is 108 cm³/mol. The van der Waals surface area contributed by atoms with Gasteiger partial charge in [0, 0.05) is 49.7 Å². The zero-order chi connectivity index (χ0) is 16.5. The molecule has 4 nitrogen and oxygen atoms in total. The van der Waals surface area contributed by atoms with Crippen LogP contribution in [0.2, 0.25) is 0 Å². The number of rotatable bonds is 2. The van der Waals surface area contributed by atoms with Crippen LogP contribution in [0.5, 0.6) is 0 Å². The number of hydrogen-bond acceptors (Lipinski definition) is 3. The Bertz CT molecular complexity index is 762. The first-order chi connectivity index (χ1) is 11.7. The molecule has 2 aliphatic rings. The monoisotopic (exact) mass is 397 g/mol. The molecular weight excluding hydrogens is 376 g/mol. The van der Waals surface area contributed by atoms with Crippen molar-refractivity contribution in [1.82, 2.24) is 4.90 Å². The first kappa shape index (κ1) is 20.3. The van der Waals surface area contributed by atoms with Crippen molar-refractivity contribution in [2.24, 2.45) is 0 Å². The van der Waals surface area contributed by atoms with Gasteiger partial charge in [0.1, 0.15) is 5.82 Å². The Labute approximate surface area is 165 Å². The molecule has 0 radical (unpaired) electrons. The number of carbonyl (C=O) groups is 1. The molecule has 0 aliphatic carbocycles. The lowest BCUT2D eigenvalue weighted by atomic mass is 10.1. The first-order valence-electron chi connectivity index (χ1n) is 8.37. The van der Waals surface area contributed by atoms with Gasteiger partial charge in [-0.3, -0.25) is 4.79 Å². The maximum Gasteiger partial charge on any atom is 0.253 e. The van der Waals surface area contributed by atoms with E-state index in [9.17, 15) is 9.18 Å². The lowest BCUT2D eigenvalue weighted by Crippen LogP contribution is -2.48. The topological polar surface area (TPSA) is 35.6 Å². The van der Waals surface area contributed by atoms with E-state index in [4.69, 9.17) is 0 Å². The molecule has 0 atom stereocenters. The van der Waals surface area contributed by atoms with E-state index < -0.39 is 0 Å². The first-order valence-corrected chi connectivity index (χ1v) is 8.37. The van der Waals surface area contributed by atoms with Gasteiger partial charge < -0.3 is 15.1 Å². The second-order valence-electron chi connectivity index (χ2n) is 6.30. The number of carbonyl (C=O) groups excluding carboxylic acids is 1. The van der Waals surface area contributed by atoms with Crippen LogP contribution >= 0.6 is 24.8 Å². The molecule has 7 heteroatoms. The fraction of sp³-hybridized carbons (Fsp3) is 0.316. The average Bonchev–Trinajstić information content (AvgIpc) is 3.09. The van der Waals surface area contributed by atoms with Gasteiger partial charge in [-0.15, -0.1) is 24.8 Å². The van der Waals surface area contributed by atoms with Crippen LogP contribution < -0.4 is 10.2 Å². The summed E-state index contributed by atoms with van der Waals surface area (Å²) in [7, 11) is 0. The lowest BCUT2D eigenvalue weighted by molar-refractivity contribution is 0.0746. The summed E-state index contributed by atoms with van der Waals surface area (Å²) in [5.74, 6) is -0.123. The van der Waals surface area contributed by atoms with Crippen LogP contribution in [0, 0.1) is 5.82 Å². The summed E-state index contributed by atoms with van der Waals surface area (Å²) in [6.45, 7) is 3.86. The van der Waals surface area contributed by atoms with Gasteiger partial charge in [0.2, 0.25) is 0 Å². The lowest BCUT2D eigenvalue weighted by Gasteiger charge is -2.36. The van der Waals surface area contributed by atoms with Crippen molar-refractivity contribution in [1.29, 1.82) is 0 Å². The van der Waals surface area contributed by atoms with E-state index in [1.807, 2.05) is 23.1 Å². The number of amides is 1. The van der Waals surface area contributed by atoms with E-state index in [2.05, 4.69) is 10.2 Å². The maximum atomic E-state index is 13.0. The molecule has 4 rings (SSSR count). The molecule has 140 valence electrons. The Morgan fingerprint density at radius 3 is 2.35 bits per heavy atom. The largest absolute Gasteiger partial charge is 0.384 e. The number of benzene rings is 2. The molecule has 2 aromatic carbocycles. The SMILES string of the molecule is Cl.Cl.O=C(c1ccc2c(c1)CCN2)N1CCN(c2ccc(F)cc2)CC1. The van der Waals surface area contributed by atoms with Gasteiger partial charge in [-0.1, -0.05) is 0 Å². The highest BCUT2D eigenvalue weighted by atomic mass is 35.5. The Hall–Kier alpha value is -1.98. The highest BCUT2D eigenvalue weighted by Crippen LogP contribution is 2.24. The molecule has 1 N–H and O–H groups in total. The fourth-order valence-corrected chi connectivity index (χ4v) is 3.44. The van der Waals surface area contributed by atoms with Crippen LogP contribution in [0.25, 0.3) is 0 Å². The minimum Gasteiger partial charge on any atom is -0.384 e. The van der Waals surface area contributed by atoms with Gasteiger partial charge in [0.05, 0.1) is 0 Å². The van der Waals surface area contributed by atoms with Crippen LogP contribution in [0.3, 0.4) is 0 Å². The van der Waals surface area contributed by atoms with Crippen molar-refractivity contribution in [3.8, 4) is 0 Å². The van der Waals surface area contributed by atoms with E-state index in [0.717, 1.165) is 43.0 Å². The second-order valence-corrected chi connectivity index (χ2v) is 6.30. The molecule has 0 aromatic heterocycles. The smallest absolute Gasteiger partial charge is 0.253 e. The molecule has 26 heavy (non-hydrogen) atoms. The molecule has 1 saturated heterocycles. The third kappa shape index (κ3) is 4.05. The maximum absolute atomic E-state index is 13.0. The normalized spacial score (nSPS) is 15.4. The van der Waals surface area contributed by atoms with Gasteiger partial charge in [-0.05, 0) is 54.4 Å². The minimum absolute atomic E-state index is 0. The van der Waals surface area contributed by atoms with Crippen molar-refractivity contribution in [2.45, 2.75) is 6.42 Å². The summed E-state index contributed by atoms with van der Waals surface area (Å²) in [6.07, 6.45) is 0.981. The summed E-state index contributed by atoms with van der Waals surface area (Å²) >= 11 is 0. The van der Waals surface area contributed by atoms with Crippen LogP contribution in [0.4, 0.5) is 15.8 Å². The number of hydrogen-bond donors (Lipinski definition) is 1. The summed E-state index contributed by atoms with van der Waals surface area (Å²) in [4.78, 5) is 16.8. The van der Waals surface area contributed by atoms with E-state index in [1.54, 1.807) is 12.1 Å². The van der Waals surface area contributed by atoms with Crippen molar-refractivity contribution < 1.29 is 9.18 Å². The van der Waals surface area contributed by atoms with Crippen LogP contribution in [0.1, 0.15) is 15.9 Å². The van der Waals surface area contributed by atoms with Crippen molar-refractivity contribution in [2.75, 3.05) is 42.9 Å². The number of nitrogens with one attached hydrogen (secondary N) is 1. The number of anilines is 2. The van der Waals surface area contributed by atoms with E-state index in [1.165, 1.54) is 17.7 Å². The predicted octanol–water partition coefficient (Wildman–Crippen LogP) is 3.60.